The van der Waals surface area contributed by atoms with Gasteiger partial charge < -0.3 is 10.2 Å². The minimum absolute atomic E-state index is 0.0538. The summed E-state index contributed by atoms with van der Waals surface area (Å²) in [7, 11) is -3.81. The number of hydrogen-bond donors (Lipinski definition) is 3. The molecule has 41 heavy (non-hydrogen) atoms. The van der Waals surface area contributed by atoms with Crippen LogP contribution in [-0.4, -0.2) is 54.3 Å². The van der Waals surface area contributed by atoms with Crippen LogP contribution >= 0.6 is 11.3 Å². The van der Waals surface area contributed by atoms with Gasteiger partial charge in [0.05, 0.1) is 17.0 Å². The monoisotopic (exact) mass is 597 g/mol. The zero-order valence-corrected chi connectivity index (χ0v) is 24.5. The second kappa shape index (κ2) is 12.6. The Labute approximate surface area is 242 Å². The van der Waals surface area contributed by atoms with Gasteiger partial charge in [-0.1, -0.05) is 37.3 Å². The highest BCUT2D eigenvalue weighted by molar-refractivity contribution is 7.89. The molecular weight excluding hydrogens is 566 g/mol. The van der Waals surface area contributed by atoms with Gasteiger partial charge in [-0.25, -0.2) is 8.42 Å². The first kappa shape index (κ1) is 29.9. The van der Waals surface area contributed by atoms with Crippen molar-refractivity contribution in [1.29, 1.82) is 0 Å². The molecule has 0 bridgehead atoms. The zero-order chi connectivity index (χ0) is 29.7. The van der Waals surface area contributed by atoms with Gasteiger partial charge in [0, 0.05) is 43.9 Å². The van der Waals surface area contributed by atoms with Crippen molar-refractivity contribution < 1.29 is 27.6 Å². The number of hydrogen-bond acceptors (Lipinski definition) is 7. The fraction of sp³-hybridized carbons (Fsp3) is 0.286. The lowest BCUT2D eigenvalue weighted by Crippen LogP contribution is -2.41. The van der Waals surface area contributed by atoms with Crippen molar-refractivity contribution in [3.8, 4) is 0 Å². The summed E-state index contributed by atoms with van der Waals surface area (Å²) >= 11 is 1.18. The van der Waals surface area contributed by atoms with Crippen molar-refractivity contribution in [2.45, 2.75) is 45.2 Å². The Morgan fingerprint density at radius 1 is 0.951 bits per heavy atom. The van der Waals surface area contributed by atoms with Gasteiger partial charge in [0.2, 0.25) is 21.8 Å². The van der Waals surface area contributed by atoms with Crippen molar-refractivity contribution in [3.05, 3.63) is 81.7 Å². The van der Waals surface area contributed by atoms with E-state index in [1.54, 1.807) is 11.8 Å². The van der Waals surface area contributed by atoms with Crippen LogP contribution in [0.4, 0.5) is 5.00 Å². The zero-order valence-electron chi connectivity index (χ0n) is 22.9. The van der Waals surface area contributed by atoms with Gasteiger partial charge in [-0.15, -0.1) is 11.3 Å². The van der Waals surface area contributed by atoms with Gasteiger partial charge in [-0.05, 0) is 41.8 Å². The second-order valence-electron chi connectivity index (χ2n) is 9.43. The molecule has 0 fully saturated rings. The summed E-state index contributed by atoms with van der Waals surface area (Å²) < 4.78 is 27.9. The van der Waals surface area contributed by atoms with Crippen LogP contribution in [0.15, 0.2) is 59.5 Å². The van der Waals surface area contributed by atoms with Crippen molar-refractivity contribution in [2.75, 3.05) is 18.4 Å². The smallest absolute Gasteiger partial charge is 0.272 e. The van der Waals surface area contributed by atoms with Crippen LogP contribution in [0.3, 0.4) is 0 Å². The first-order valence-electron chi connectivity index (χ1n) is 12.9. The Morgan fingerprint density at radius 3 is 2.24 bits per heavy atom. The van der Waals surface area contributed by atoms with E-state index in [1.807, 2.05) is 30.3 Å². The maximum atomic E-state index is 13.3. The predicted molar refractivity (Wildman–Crippen MR) is 155 cm³/mol. The molecule has 0 saturated carbocycles. The first-order valence-corrected chi connectivity index (χ1v) is 15.2. The molecular formula is C28H31N5O6S2. The van der Waals surface area contributed by atoms with E-state index in [0.717, 1.165) is 10.4 Å². The number of anilines is 1. The van der Waals surface area contributed by atoms with Crippen LogP contribution in [-0.2, 0) is 39.1 Å². The maximum Gasteiger partial charge on any atom is 0.272 e. The van der Waals surface area contributed by atoms with Gasteiger partial charge in [-0.2, -0.15) is 4.31 Å². The van der Waals surface area contributed by atoms with Crippen molar-refractivity contribution in [2.24, 2.45) is 0 Å². The number of rotatable bonds is 8. The third-order valence-electron chi connectivity index (χ3n) is 6.62. The van der Waals surface area contributed by atoms with Crippen LogP contribution < -0.4 is 16.2 Å². The average molecular weight is 598 g/mol. The summed E-state index contributed by atoms with van der Waals surface area (Å²) in [4.78, 5) is 51.9. The van der Waals surface area contributed by atoms with Crippen LogP contribution in [0, 0.1) is 0 Å². The lowest BCUT2D eigenvalue weighted by Gasteiger charge is -2.26. The Bertz CT molecular complexity index is 1570. The number of amides is 4. The maximum absolute atomic E-state index is 13.3. The number of nitrogens with zero attached hydrogens (tertiary/aromatic N) is 2. The van der Waals surface area contributed by atoms with Gasteiger partial charge >= 0.3 is 0 Å². The Hall–Kier alpha value is -4.07. The minimum atomic E-state index is -3.81. The third kappa shape index (κ3) is 6.81. The topological polar surface area (TPSA) is 145 Å². The van der Waals surface area contributed by atoms with Gasteiger partial charge in [-0.3, -0.25) is 30.0 Å². The van der Waals surface area contributed by atoms with Gasteiger partial charge in [0.25, 0.3) is 11.8 Å². The van der Waals surface area contributed by atoms with E-state index < -0.39 is 27.7 Å². The molecule has 13 heteroatoms. The number of benzene rings is 2. The number of nitrogens with one attached hydrogen (secondary N) is 3. The summed E-state index contributed by atoms with van der Waals surface area (Å²) in [5.41, 5.74) is 6.57. The minimum Gasteiger partial charge on any atom is -0.337 e. The van der Waals surface area contributed by atoms with Gasteiger partial charge in [0.1, 0.15) is 5.00 Å². The molecule has 2 aromatic carbocycles. The molecule has 3 aromatic rings. The molecule has 0 saturated heterocycles. The largest absolute Gasteiger partial charge is 0.337 e. The average Bonchev–Trinajstić information content (AvgIpc) is 3.32. The molecule has 0 aliphatic carbocycles. The normalized spacial score (nSPS) is 12.9. The molecule has 0 atom stereocenters. The van der Waals surface area contributed by atoms with Crippen LogP contribution in [0.1, 0.15) is 57.5 Å². The van der Waals surface area contributed by atoms with Crippen LogP contribution in [0.25, 0.3) is 0 Å². The van der Waals surface area contributed by atoms with E-state index in [2.05, 4.69) is 16.2 Å². The number of carbonyl (C=O) groups excluding carboxylic acids is 4. The van der Waals surface area contributed by atoms with Gasteiger partial charge in [0.15, 0.2) is 0 Å². The molecule has 0 spiro atoms. The molecule has 4 amide bonds. The van der Waals surface area contributed by atoms with E-state index in [1.165, 1.54) is 53.8 Å². The number of sulfonamides is 1. The quantitative estimate of drug-likeness (QED) is 0.341. The summed E-state index contributed by atoms with van der Waals surface area (Å²) in [6, 6.07) is 14.9. The van der Waals surface area contributed by atoms with Crippen LogP contribution in [0.2, 0.25) is 0 Å². The third-order valence-corrected chi connectivity index (χ3v) is 9.68. The fourth-order valence-electron chi connectivity index (χ4n) is 4.46. The molecule has 2 heterocycles. The number of hydrazine groups is 1. The predicted octanol–water partition coefficient (Wildman–Crippen LogP) is 2.90. The second-order valence-corrected chi connectivity index (χ2v) is 12.5. The summed E-state index contributed by atoms with van der Waals surface area (Å²) in [6.07, 6.45) is 0.410. The van der Waals surface area contributed by atoms with E-state index in [9.17, 15) is 27.6 Å². The van der Waals surface area contributed by atoms with E-state index in [-0.39, 0.29) is 40.0 Å². The molecule has 3 N–H and O–H groups in total. The summed E-state index contributed by atoms with van der Waals surface area (Å²) in [5, 5.41) is 3.03. The first-order chi connectivity index (χ1) is 19.5. The lowest BCUT2D eigenvalue weighted by molar-refractivity contribution is -0.129. The molecule has 216 valence electrons. The number of thiophene rings is 1. The Kier molecular flexibility index (Phi) is 9.21. The van der Waals surface area contributed by atoms with Crippen molar-refractivity contribution >= 4 is 50.0 Å². The molecule has 1 aliphatic heterocycles. The molecule has 1 aromatic heterocycles. The molecule has 0 unspecified atom stereocenters. The Balaban J connectivity index is 1.56. The fourth-order valence-corrected chi connectivity index (χ4v) is 7.16. The van der Waals surface area contributed by atoms with Crippen LogP contribution in [0.5, 0.6) is 0 Å². The van der Waals surface area contributed by atoms with Crippen molar-refractivity contribution in [1.82, 2.24) is 20.1 Å². The van der Waals surface area contributed by atoms with E-state index >= 15 is 0 Å². The highest BCUT2D eigenvalue weighted by atomic mass is 32.2. The SMILES string of the molecule is CCN(Cc1ccccc1)S(=O)(=O)c1ccc(C(=O)Nc2sc3c(c2C(=O)NNC(C)=O)CCN(C(C)=O)C3)cc1. The van der Waals surface area contributed by atoms with Crippen molar-refractivity contribution in [3.63, 3.8) is 0 Å². The number of carbonyl (C=O) groups is 4. The molecule has 11 nitrogen and oxygen atoms in total. The lowest BCUT2D eigenvalue weighted by atomic mass is 10.0. The van der Waals surface area contributed by atoms with E-state index in [0.29, 0.717) is 25.1 Å². The summed E-state index contributed by atoms with van der Waals surface area (Å²) in [5.74, 6) is -1.69. The molecule has 0 radical (unpaired) electrons. The summed E-state index contributed by atoms with van der Waals surface area (Å²) in [6.45, 7) is 5.69. The highest BCUT2D eigenvalue weighted by Gasteiger charge is 2.30. The Morgan fingerprint density at radius 2 is 1.63 bits per heavy atom. The standard InChI is InChI=1S/C28H31N5O6S2/c1-4-33(16-20-8-6-5-7-9-20)41(38,39)22-12-10-21(11-13-22)26(36)29-28-25(27(37)31-30-18(2)34)23-14-15-32(19(3)35)17-24(23)40-28/h5-13H,4,14-17H2,1-3H3,(H,29,36)(H,30,34)(H,31,37). The number of fused-ring (bicyclic) bond motifs is 1. The highest BCUT2D eigenvalue weighted by Crippen LogP contribution is 2.37. The molecule has 4 rings (SSSR count). The van der Waals surface area contributed by atoms with E-state index in [4.69, 9.17) is 0 Å². The molecule has 1 aliphatic rings.